The van der Waals surface area contributed by atoms with Gasteiger partial charge in [0, 0.05) is 12.1 Å². The van der Waals surface area contributed by atoms with E-state index < -0.39 is 5.51 Å². The van der Waals surface area contributed by atoms with Crippen LogP contribution in [0.3, 0.4) is 0 Å². The van der Waals surface area contributed by atoms with Gasteiger partial charge < -0.3 is 10.6 Å². The van der Waals surface area contributed by atoms with Crippen LogP contribution in [0.15, 0.2) is 23.1 Å². The summed E-state index contributed by atoms with van der Waals surface area (Å²) in [5, 5.41) is 11.2. The van der Waals surface area contributed by atoms with Crippen molar-refractivity contribution in [3.8, 4) is 0 Å². The SMILES string of the molecule is Cc1nn2c(NC34CCNCC3C4)cccc2c1SC(F)(F)F. The van der Waals surface area contributed by atoms with Gasteiger partial charge in [0.15, 0.2) is 0 Å². The van der Waals surface area contributed by atoms with E-state index in [0.717, 1.165) is 31.7 Å². The van der Waals surface area contributed by atoms with E-state index in [2.05, 4.69) is 15.7 Å². The van der Waals surface area contributed by atoms with Gasteiger partial charge in [-0.15, -0.1) is 0 Å². The molecule has 0 aromatic carbocycles. The highest BCUT2D eigenvalue weighted by molar-refractivity contribution is 8.00. The first kappa shape index (κ1) is 15.1. The van der Waals surface area contributed by atoms with Gasteiger partial charge in [-0.05, 0) is 56.1 Å². The quantitative estimate of drug-likeness (QED) is 0.839. The molecule has 1 saturated carbocycles. The van der Waals surface area contributed by atoms with Crippen LogP contribution in [0, 0.1) is 12.8 Å². The van der Waals surface area contributed by atoms with Crippen molar-refractivity contribution >= 4 is 23.1 Å². The van der Waals surface area contributed by atoms with Crippen LogP contribution in [0.1, 0.15) is 18.5 Å². The number of alkyl halides is 3. The summed E-state index contributed by atoms with van der Waals surface area (Å²) >= 11 is -0.0933. The van der Waals surface area contributed by atoms with E-state index in [4.69, 9.17) is 0 Å². The van der Waals surface area contributed by atoms with E-state index in [1.165, 1.54) is 0 Å². The van der Waals surface area contributed by atoms with Gasteiger partial charge >= 0.3 is 5.51 Å². The number of rotatable bonds is 3. The van der Waals surface area contributed by atoms with E-state index in [1.807, 2.05) is 6.07 Å². The fraction of sp³-hybridized carbons (Fsp3) is 0.533. The van der Waals surface area contributed by atoms with Gasteiger partial charge in [-0.1, -0.05) is 6.07 Å². The molecule has 23 heavy (non-hydrogen) atoms. The van der Waals surface area contributed by atoms with Crippen LogP contribution in [0.25, 0.3) is 5.52 Å². The standard InChI is InChI=1S/C15H17F3N4S/c1-9-13(23-15(16,17)18)11-3-2-4-12(22(11)21-9)20-14-5-6-19-8-10(14)7-14/h2-4,10,19-20H,5-8H2,1H3. The van der Waals surface area contributed by atoms with E-state index in [1.54, 1.807) is 23.6 Å². The molecule has 3 heterocycles. The number of nitrogens with one attached hydrogen (secondary N) is 2. The van der Waals surface area contributed by atoms with Crippen LogP contribution < -0.4 is 10.6 Å². The third-order valence-electron chi connectivity index (χ3n) is 4.74. The molecule has 0 amide bonds. The first-order chi connectivity index (χ1) is 10.9. The Hall–Kier alpha value is -1.41. The van der Waals surface area contributed by atoms with E-state index in [-0.39, 0.29) is 22.2 Å². The fourth-order valence-electron chi connectivity index (χ4n) is 3.51. The van der Waals surface area contributed by atoms with Crippen molar-refractivity contribution in [2.75, 3.05) is 18.4 Å². The molecule has 4 nitrogen and oxygen atoms in total. The van der Waals surface area contributed by atoms with E-state index in [9.17, 15) is 13.2 Å². The molecule has 0 bridgehead atoms. The second-order valence-corrected chi connectivity index (χ2v) is 7.38. The topological polar surface area (TPSA) is 41.4 Å². The normalized spacial score (nSPS) is 27.0. The molecular formula is C15H17F3N4S. The van der Waals surface area contributed by atoms with Crippen molar-refractivity contribution in [1.82, 2.24) is 14.9 Å². The lowest BCUT2D eigenvalue weighted by Gasteiger charge is -2.25. The summed E-state index contributed by atoms with van der Waals surface area (Å²) in [7, 11) is 0. The monoisotopic (exact) mass is 342 g/mol. The van der Waals surface area contributed by atoms with Crippen LogP contribution in [-0.2, 0) is 0 Å². The molecule has 2 aliphatic rings. The molecule has 2 unspecified atom stereocenters. The van der Waals surface area contributed by atoms with Gasteiger partial charge in [0.05, 0.1) is 16.1 Å². The van der Waals surface area contributed by atoms with Crippen LogP contribution in [0.2, 0.25) is 0 Å². The molecule has 1 aliphatic carbocycles. The van der Waals surface area contributed by atoms with Crippen molar-refractivity contribution in [1.29, 1.82) is 0 Å². The molecule has 8 heteroatoms. The molecular weight excluding hydrogens is 325 g/mol. The molecule has 2 atom stereocenters. The number of hydrogen-bond acceptors (Lipinski definition) is 4. The Balaban J connectivity index is 1.70. The van der Waals surface area contributed by atoms with Crippen molar-refractivity contribution in [3.63, 3.8) is 0 Å². The second kappa shape index (κ2) is 5.04. The van der Waals surface area contributed by atoms with Crippen LogP contribution in [0.5, 0.6) is 0 Å². The summed E-state index contributed by atoms with van der Waals surface area (Å²) in [6.45, 7) is 3.58. The maximum atomic E-state index is 12.8. The summed E-state index contributed by atoms with van der Waals surface area (Å²) in [6, 6.07) is 5.35. The Labute approximate surface area is 135 Å². The third kappa shape index (κ3) is 2.67. The third-order valence-corrected chi connectivity index (χ3v) is 5.68. The molecule has 2 fully saturated rings. The number of pyridine rings is 1. The number of piperidine rings is 1. The van der Waals surface area contributed by atoms with Crippen molar-refractivity contribution in [2.45, 2.75) is 35.7 Å². The van der Waals surface area contributed by atoms with Gasteiger partial charge in [0.25, 0.3) is 0 Å². The average molecular weight is 342 g/mol. The smallest absolute Gasteiger partial charge is 0.364 e. The zero-order chi connectivity index (χ0) is 16.2. The molecule has 124 valence electrons. The molecule has 2 N–H and O–H groups in total. The predicted molar refractivity (Wildman–Crippen MR) is 83.8 cm³/mol. The first-order valence-corrected chi connectivity index (χ1v) is 8.43. The highest BCUT2D eigenvalue weighted by atomic mass is 32.2. The van der Waals surface area contributed by atoms with Gasteiger partial charge in [0.1, 0.15) is 5.82 Å². The number of fused-ring (bicyclic) bond motifs is 2. The fourth-order valence-corrected chi connectivity index (χ4v) is 4.19. The van der Waals surface area contributed by atoms with Gasteiger partial charge in [-0.3, -0.25) is 0 Å². The zero-order valence-electron chi connectivity index (χ0n) is 12.6. The maximum Gasteiger partial charge on any atom is 0.446 e. The molecule has 1 aliphatic heterocycles. The highest BCUT2D eigenvalue weighted by Gasteiger charge is 2.55. The number of aryl methyl sites for hydroxylation is 1. The Morgan fingerprint density at radius 3 is 3.00 bits per heavy atom. The largest absolute Gasteiger partial charge is 0.446 e. The van der Waals surface area contributed by atoms with Gasteiger partial charge in [-0.25, -0.2) is 4.52 Å². The molecule has 4 rings (SSSR count). The first-order valence-electron chi connectivity index (χ1n) is 7.61. The number of halogens is 3. The summed E-state index contributed by atoms with van der Waals surface area (Å²) in [5.74, 6) is 1.36. The summed E-state index contributed by atoms with van der Waals surface area (Å²) in [6.07, 6.45) is 2.12. The lowest BCUT2D eigenvalue weighted by atomic mass is 10.1. The minimum Gasteiger partial charge on any atom is -0.364 e. The number of hydrogen-bond donors (Lipinski definition) is 2. The summed E-state index contributed by atoms with van der Waals surface area (Å²) < 4.78 is 39.9. The van der Waals surface area contributed by atoms with E-state index in [0.29, 0.717) is 17.1 Å². The second-order valence-electron chi connectivity index (χ2n) is 6.31. The van der Waals surface area contributed by atoms with E-state index >= 15 is 0 Å². The van der Waals surface area contributed by atoms with Crippen LogP contribution in [-0.4, -0.2) is 33.8 Å². The Morgan fingerprint density at radius 2 is 2.26 bits per heavy atom. The average Bonchev–Trinajstić information content (AvgIpc) is 3.11. The lowest BCUT2D eigenvalue weighted by Crippen LogP contribution is -2.38. The molecule has 2 aromatic heterocycles. The number of aromatic nitrogens is 2. The summed E-state index contributed by atoms with van der Waals surface area (Å²) in [4.78, 5) is 0.177. The number of nitrogens with zero attached hydrogens (tertiary/aromatic N) is 2. The molecule has 0 spiro atoms. The Morgan fingerprint density at radius 1 is 1.43 bits per heavy atom. The lowest BCUT2D eigenvalue weighted by molar-refractivity contribution is -0.0328. The minimum absolute atomic E-state index is 0.0801. The van der Waals surface area contributed by atoms with Crippen molar-refractivity contribution < 1.29 is 13.2 Å². The highest BCUT2D eigenvalue weighted by Crippen LogP contribution is 2.50. The van der Waals surface area contributed by atoms with Gasteiger partial charge in [0.2, 0.25) is 0 Å². The minimum atomic E-state index is -4.31. The summed E-state index contributed by atoms with van der Waals surface area (Å²) in [5.41, 5.74) is -3.34. The Kier molecular flexibility index (Phi) is 3.32. The van der Waals surface area contributed by atoms with Gasteiger partial charge in [-0.2, -0.15) is 18.3 Å². The Bertz CT molecular complexity index is 757. The molecule has 1 saturated heterocycles. The maximum absolute atomic E-state index is 12.8. The van der Waals surface area contributed by atoms with Crippen LogP contribution >= 0.6 is 11.8 Å². The molecule has 0 radical (unpaired) electrons. The zero-order valence-corrected chi connectivity index (χ0v) is 13.4. The predicted octanol–water partition coefficient (Wildman–Crippen LogP) is 3.42. The molecule has 2 aromatic rings. The number of anilines is 1. The van der Waals surface area contributed by atoms with Crippen molar-refractivity contribution in [3.05, 3.63) is 23.9 Å². The van der Waals surface area contributed by atoms with Crippen LogP contribution in [0.4, 0.5) is 19.0 Å². The number of thioether (sulfide) groups is 1. The van der Waals surface area contributed by atoms with Crippen molar-refractivity contribution in [2.24, 2.45) is 5.92 Å².